The predicted molar refractivity (Wildman–Crippen MR) is 89.7 cm³/mol. The molecular formula is C16H16ClN3O2. The number of rotatable bonds is 3. The number of nitrogen functional groups attached to an aromatic ring is 1. The van der Waals surface area contributed by atoms with Crippen LogP contribution in [0.15, 0.2) is 42.6 Å². The van der Waals surface area contributed by atoms with Crippen LogP contribution in [0.4, 0.5) is 5.69 Å². The molecule has 6 heteroatoms. The molecule has 0 amide bonds. The van der Waals surface area contributed by atoms with E-state index in [2.05, 4.69) is 9.97 Å². The van der Waals surface area contributed by atoms with Gasteiger partial charge in [-0.25, -0.2) is 4.98 Å². The number of anilines is 1. The normalized spacial score (nSPS) is 10.1. The molecule has 1 aromatic heterocycles. The molecule has 0 bridgehead atoms. The van der Waals surface area contributed by atoms with E-state index in [4.69, 9.17) is 15.2 Å². The Balaban J connectivity index is 0.00000176. The molecule has 22 heavy (non-hydrogen) atoms. The van der Waals surface area contributed by atoms with Crippen molar-refractivity contribution in [2.24, 2.45) is 0 Å². The second-order valence-corrected chi connectivity index (χ2v) is 4.57. The Morgan fingerprint density at radius 2 is 1.50 bits per heavy atom. The highest BCUT2D eigenvalue weighted by Gasteiger charge is 2.09. The molecule has 1 heterocycles. The average Bonchev–Trinajstić information content (AvgIpc) is 2.53. The van der Waals surface area contributed by atoms with Crippen molar-refractivity contribution < 1.29 is 9.47 Å². The minimum absolute atomic E-state index is 0. The van der Waals surface area contributed by atoms with E-state index in [1.54, 1.807) is 20.4 Å². The molecule has 3 aromatic rings. The lowest BCUT2D eigenvalue weighted by atomic mass is 10.1. The van der Waals surface area contributed by atoms with E-state index in [0.29, 0.717) is 11.5 Å². The monoisotopic (exact) mass is 317 g/mol. The zero-order valence-corrected chi connectivity index (χ0v) is 13.1. The molecule has 0 radical (unpaired) electrons. The Hall–Kier alpha value is -2.53. The van der Waals surface area contributed by atoms with Crippen LogP contribution in [0.2, 0.25) is 0 Å². The Labute approximate surface area is 134 Å². The first-order chi connectivity index (χ1) is 10.2. The quantitative estimate of drug-likeness (QED) is 0.750. The number of nitrogens with zero attached hydrogens (tertiary/aromatic N) is 2. The van der Waals surface area contributed by atoms with Crippen LogP contribution >= 0.6 is 12.4 Å². The first kappa shape index (κ1) is 15.9. The van der Waals surface area contributed by atoms with E-state index in [1.807, 2.05) is 36.4 Å². The van der Waals surface area contributed by atoms with E-state index < -0.39 is 0 Å². The number of fused-ring (bicyclic) bond motifs is 1. The summed E-state index contributed by atoms with van der Waals surface area (Å²) in [5.41, 5.74) is 9.68. The van der Waals surface area contributed by atoms with Crippen LogP contribution in [0, 0.1) is 0 Å². The molecular weight excluding hydrogens is 302 g/mol. The maximum Gasteiger partial charge on any atom is 0.163 e. The van der Waals surface area contributed by atoms with Crippen molar-refractivity contribution in [3.05, 3.63) is 42.6 Å². The number of aromatic nitrogens is 2. The van der Waals surface area contributed by atoms with Crippen LogP contribution in [0.1, 0.15) is 0 Å². The van der Waals surface area contributed by atoms with Crippen molar-refractivity contribution >= 4 is 29.1 Å². The van der Waals surface area contributed by atoms with Gasteiger partial charge in [0.15, 0.2) is 11.5 Å². The van der Waals surface area contributed by atoms with E-state index in [9.17, 15) is 0 Å². The summed E-state index contributed by atoms with van der Waals surface area (Å²) in [5.74, 6) is 1.27. The zero-order chi connectivity index (χ0) is 14.8. The summed E-state index contributed by atoms with van der Waals surface area (Å²) in [5, 5.41) is 0. The molecule has 0 saturated heterocycles. The lowest BCUT2D eigenvalue weighted by Crippen LogP contribution is -1.94. The Bertz CT molecular complexity index is 791. The summed E-state index contributed by atoms with van der Waals surface area (Å²) < 4.78 is 10.6. The fourth-order valence-electron chi connectivity index (χ4n) is 2.13. The van der Waals surface area contributed by atoms with Gasteiger partial charge in [0, 0.05) is 23.4 Å². The summed E-state index contributed by atoms with van der Waals surface area (Å²) >= 11 is 0. The highest BCUT2D eigenvalue weighted by molar-refractivity contribution is 5.85. The molecule has 0 aliphatic heterocycles. The van der Waals surface area contributed by atoms with Crippen LogP contribution in [0.5, 0.6) is 11.5 Å². The first-order valence-electron chi connectivity index (χ1n) is 6.46. The zero-order valence-electron chi connectivity index (χ0n) is 12.2. The van der Waals surface area contributed by atoms with Gasteiger partial charge >= 0.3 is 0 Å². The van der Waals surface area contributed by atoms with E-state index in [0.717, 1.165) is 28.0 Å². The number of methoxy groups -OCH3 is 2. The molecule has 0 aliphatic carbocycles. The third kappa shape index (κ3) is 2.89. The van der Waals surface area contributed by atoms with Gasteiger partial charge in [-0.1, -0.05) is 12.1 Å². The largest absolute Gasteiger partial charge is 0.493 e. The standard InChI is InChI=1S/C16H15N3O2.ClH/c1-20-15-7-12-13(8-16(15)21-2)19-14(9-18-12)10-3-5-11(17)6-4-10;/h3-9H,17H2,1-2H3;1H. The number of ether oxygens (including phenoxy) is 2. The topological polar surface area (TPSA) is 70.3 Å². The SMILES string of the molecule is COc1cc2ncc(-c3ccc(N)cc3)nc2cc1OC.Cl. The molecule has 2 N–H and O–H groups in total. The summed E-state index contributed by atoms with van der Waals surface area (Å²) in [7, 11) is 3.20. The summed E-state index contributed by atoms with van der Waals surface area (Å²) in [6, 6.07) is 11.2. The fourth-order valence-corrected chi connectivity index (χ4v) is 2.13. The van der Waals surface area contributed by atoms with Crippen LogP contribution in [-0.2, 0) is 0 Å². The summed E-state index contributed by atoms with van der Waals surface area (Å²) in [6.07, 6.45) is 1.74. The Kier molecular flexibility index (Phi) is 4.68. The highest BCUT2D eigenvalue weighted by Crippen LogP contribution is 2.31. The first-order valence-corrected chi connectivity index (χ1v) is 6.46. The molecule has 0 saturated carbocycles. The number of hydrogen-bond donors (Lipinski definition) is 1. The van der Waals surface area contributed by atoms with Crippen LogP contribution in [0.25, 0.3) is 22.3 Å². The molecule has 0 aliphatic rings. The maximum atomic E-state index is 5.70. The third-order valence-corrected chi connectivity index (χ3v) is 3.25. The average molecular weight is 318 g/mol. The lowest BCUT2D eigenvalue weighted by molar-refractivity contribution is 0.355. The van der Waals surface area contributed by atoms with Crippen LogP contribution < -0.4 is 15.2 Å². The van der Waals surface area contributed by atoms with Crippen molar-refractivity contribution in [1.29, 1.82) is 0 Å². The van der Waals surface area contributed by atoms with Crippen LogP contribution in [-0.4, -0.2) is 24.2 Å². The highest BCUT2D eigenvalue weighted by atomic mass is 35.5. The molecule has 5 nitrogen and oxygen atoms in total. The Morgan fingerprint density at radius 1 is 0.909 bits per heavy atom. The minimum atomic E-state index is 0. The summed E-state index contributed by atoms with van der Waals surface area (Å²) in [6.45, 7) is 0. The van der Waals surface area contributed by atoms with E-state index >= 15 is 0 Å². The molecule has 2 aromatic carbocycles. The maximum absolute atomic E-state index is 5.70. The number of halogens is 1. The van der Waals surface area contributed by atoms with Gasteiger partial charge in [0.05, 0.1) is 37.1 Å². The summed E-state index contributed by atoms with van der Waals surface area (Å²) in [4.78, 5) is 9.05. The smallest absolute Gasteiger partial charge is 0.163 e. The van der Waals surface area contributed by atoms with Gasteiger partial charge in [-0.05, 0) is 12.1 Å². The van der Waals surface area contributed by atoms with Gasteiger partial charge in [0.25, 0.3) is 0 Å². The van der Waals surface area contributed by atoms with Gasteiger partial charge in [-0.3, -0.25) is 4.98 Å². The van der Waals surface area contributed by atoms with Gasteiger partial charge in [-0.15, -0.1) is 12.4 Å². The van der Waals surface area contributed by atoms with Gasteiger partial charge < -0.3 is 15.2 Å². The van der Waals surface area contributed by atoms with Gasteiger partial charge in [0.2, 0.25) is 0 Å². The van der Waals surface area contributed by atoms with Crippen molar-refractivity contribution in [3.63, 3.8) is 0 Å². The van der Waals surface area contributed by atoms with Gasteiger partial charge in [-0.2, -0.15) is 0 Å². The molecule has 114 valence electrons. The second kappa shape index (κ2) is 6.49. The van der Waals surface area contributed by atoms with Crippen molar-refractivity contribution in [2.45, 2.75) is 0 Å². The molecule has 0 atom stereocenters. The lowest BCUT2D eigenvalue weighted by Gasteiger charge is -2.09. The van der Waals surface area contributed by atoms with Crippen molar-refractivity contribution in [3.8, 4) is 22.8 Å². The van der Waals surface area contributed by atoms with E-state index in [-0.39, 0.29) is 12.4 Å². The van der Waals surface area contributed by atoms with Crippen molar-refractivity contribution in [2.75, 3.05) is 20.0 Å². The van der Waals surface area contributed by atoms with Crippen LogP contribution in [0.3, 0.4) is 0 Å². The molecule has 3 rings (SSSR count). The molecule has 0 unspecified atom stereocenters. The number of hydrogen-bond acceptors (Lipinski definition) is 5. The number of benzene rings is 2. The Morgan fingerprint density at radius 3 is 2.09 bits per heavy atom. The predicted octanol–water partition coefficient (Wildman–Crippen LogP) is 3.32. The van der Waals surface area contributed by atoms with Gasteiger partial charge in [0.1, 0.15) is 0 Å². The fraction of sp³-hybridized carbons (Fsp3) is 0.125. The number of nitrogens with two attached hydrogens (primary N) is 1. The minimum Gasteiger partial charge on any atom is -0.493 e. The molecule has 0 spiro atoms. The van der Waals surface area contributed by atoms with E-state index in [1.165, 1.54) is 0 Å². The van der Waals surface area contributed by atoms with Crippen molar-refractivity contribution in [1.82, 2.24) is 9.97 Å². The molecule has 0 fully saturated rings. The third-order valence-electron chi connectivity index (χ3n) is 3.25. The second-order valence-electron chi connectivity index (χ2n) is 4.57.